The summed E-state index contributed by atoms with van der Waals surface area (Å²) in [6.45, 7) is 8.33. The smallest absolute Gasteiger partial charge is 0.408 e. The second kappa shape index (κ2) is 4.51. The molecule has 0 aromatic carbocycles. The van der Waals surface area contributed by atoms with E-state index >= 15 is 0 Å². The van der Waals surface area contributed by atoms with Gasteiger partial charge >= 0.3 is 12.1 Å². The lowest BCUT2D eigenvalue weighted by Crippen LogP contribution is -2.51. The van der Waals surface area contributed by atoms with Crippen LogP contribution in [0.25, 0.3) is 0 Å². The van der Waals surface area contributed by atoms with E-state index < -0.39 is 23.2 Å². The van der Waals surface area contributed by atoms with Crippen LogP contribution in [-0.2, 0) is 14.3 Å². The summed E-state index contributed by atoms with van der Waals surface area (Å²) in [5.41, 5.74) is -1.67. The molecule has 0 unspecified atom stereocenters. The molecule has 15 heavy (non-hydrogen) atoms. The van der Waals surface area contributed by atoms with Gasteiger partial charge in [-0.1, -0.05) is 0 Å². The van der Waals surface area contributed by atoms with Gasteiger partial charge in [0.05, 0.1) is 7.11 Å². The van der Waals surface area contributed by atoms with Crippen molar-refractivity contribution < 1.29 is 19.1 Å². The summed E-state index contributed by atoms with van der Waals surface area (Å²) < 4.78 is 9.55. The summed E-state index contributed by atoms with van der Waals surface area (Å²) in [4.78, 5) is 22.6. The van der Waals surface area contributed by atoms with Crippen molar-refractivity contribution in [2.24, 2.45) is 0 Å². The lowest BCUT2D eigenvalue weighted by atomic mass is 10.1. The van der Waals surface area contributed by atoms with E-state index in [1.807, 2.05) is 0 Å². The Hall–Kier alpha value is -1.26. The average molecular weight is 217 g/mol. The molecule has 0 saturated heterocycles. The molecule has 1 amide bonds. The van der Waals surface area contributed by atoms with Crippen LogP contribution in [-0.4, -0.2) is 30.3 Å². The van der Waals surface area contributed by atoms with Gasteiger partial charge in [-0.15, -0.1) is 0 Å². The predicted molar refractivity (Wildman–Crippen MR) is 55.5 cm³/mol. The van der Waals surface area contributed by atoms with Crippen LogP contribution in [0.1, 0.15) is 34.6 Å². The number of carbonyl (C=O) groups is 2. The average Bonchev–Trinajstić information content (AvgIpc) is 1.97. The van der Waals surface area contributed by atoms with Crippen LogP contribution in [0.4, 0.5) is 4.79 Å². The second-order valence-corrected chi connectivity index (χ2v) is 4.74. The Kier molecular flexibility index (Phi) is 4.13. The van der Waals surface area contributed by atoms with Crippen molar-refractivity contribution in [2.75, 3.05) is 7.11 Å². The van der Waals surface area contributed by atoms with Gasteiger partial charge in [0.2, 0.25) is 0 Å². The molecule has 0 fully saturated rings. The lowest BCUT2D eigenvalue weighted by molar-refractivity contribution is -0.147. The molecule has 0 aromatic rings. The Morgan fingerprint density at radius 1 is 1.07 bits per heavy atom. The van der Waals surface area contributed by atoms with Crippen molar-refractivity contribution in [2.45, 2.75) is 45.8 Å². The molecule has 0 bridgehead atoms. The topological polar surface area (TPSA) is 64.6 Å². The highest BCUT2D eigenvalue weighted by molar-refractivity contribution is 5.84. The van der Waals surface area contributed by atoms with E-state index in [-0.39, 0.29) is 0 Å². The number of hydrogen-bond acceptors (Lipinski definition) is 4. The lowest BCUT2D eigenvalue weighted by Gasteiger charge is -2.26. The number of amides is 1. The van der Waals surface area contributed by atoms with Gasteiger partial charge in [0, 0.05) is 0 Å². The Morgan fingerprint density at radius 2 is 1.53 bits per heavy atom. The molecule has 1 N–H and O–H groups in total. The Balaban J connectivity index is 4.35. The number of methoxy groups -OCH3 is 1. The zero-order chi connectivity index (χ0) is 12.3. The number of ether oxygens (including phenoxy) is 2. The van der Waals surface area contributed by atoms with Crippen molar-refractivity contribution in [3.05, 3.63) is 0 Å². The zero-order valence-corrected chi connectivity index (χ0v) is 10.1. The molecule has 0 spiro atoms. The van der Waals surface area contributed by atoms with Crippen molar-refractivity contribution in [1.29, 1.82) is 0 Å². The summed E-state index contributed by atoms with van der Waals surface area (Å²) in [6, 6.07) is 0. The molecule has 5 heteroatoms. The summed E-state index contributed by atoms with van der Waals surface area (Å²) in [5.74, 6) is -0.520. The van der Waals surface area contributed by atoms with Gasteiger partial charge in [-0.05, 0) is 34.6 Å². The Bertz CT molecular complexity index is 253. The minimum absolute atomic E-state index is 0.520. The maximum Gasteiger partial charge on any atom is 0.408 e. The molecule has 88 valence electrons. The van der Waals surface area contributed by atoms with Crippen molar-refractivity contribution in [3.8, 4) is 0 Å². The van der Waals surface area contributed by atoms with Crippen LogP contribution in [0.3, 0.4) is 0 Å². The van der Waals surface area contributed by atoms with Crippen LogP contribution in [0.5, 0.6) is 0 Å². The first-order chi connectivity index (χ1) is 6.58. The van der Waals surface area contributed by atoms with Gasteiger partial charge in [0.25, 0.3) is 0 Å². The summed E-state index contributed by atoms with van der Waals surface area (Å²) in [5, 5.41) is 2.43. The molecule has 0 rings (SSSR count). The number of alkyl carbamates (subject to hydrolysis) is 1. The van der Waals surface area contributed by atoms with Gasteiger partial charge in [-0.3, -0.25) is 0 Å². The fourth-order valence-electron chi connectivity index (χ4n) is 0.865. The third-order valence-electron chi connectivity index (χ3n) is 1.51. The minimum Gasteiger partial charge on any atom is -0.467 e. The van der Waals surface area contributed by atoms with Gasteiger partial charge in [0.15, 0.2) is 0 Å². The SMILES string of the molecule is COC(=O)C(C)(C)NC(=O)OC(C)(C)C. The van der Waals surface area contributed by atoms with Crippen LogP contribution in [0.15, 0.2) is 0 Å². The largest absolute Gasteiger partial charge is 0.467 e. The predicted octanol–water partition coefficient (Wildman–Crippen LogP) is 1.46. The summed E-state index contributed by atoms with van der Waals surface area (Å²) in [7, 11) is 1.26. The molecule has 0 aromatic heterocycles. The molecule has 0 aliphatic heterocycles. The van der Waals surface area contributed by atoms with Gasteiger partial charge in [-0.25, -0.2) is 9.59 Å². The second-order valence-electron chi connectivity index (χ2n) is 4.74. The van der Waals surface area contributed by atoms with E-state index in [2.05, 4.69) is 10.1 Å². The van der Waals surface area contributed by atoms with Crippen LogP contribution < -0.4 is 5.32 Å². The molecule has 0 aliphatic carbocycles. The van der Waals surface area contributed by atoms with Crippen molar-refractivity contribution in [3.63, 3.8) is 0 Å². The summed E-state index contributed by atoms with van der Waals surface area (Å²) in [6.07, 6.45) is -0.641. The monoisotopic (exact) mass is 217 g/mol. The van der Waals surface area contributed by atoms with E-state index in [1.165, 1.54) is 7.11 Å². The van der Waals surface area contributed by atoms with Gasteiger partial charge in [-0.2, -0.15) is 0 Å². The normalized spacial score (nSPS) is 11.9. The number of esters is 1. The Labute approximate surface area is 90.1 Å². The maximum absolute atomic E-state index is 11.4. The van der Waals surface area contributed by atoms with Crippen LogP contribution in [0.2, 0.25) is 0 Å². The first kappa shape index (κ1) is 13.7. The number of rotatable bonds is 2. The highest BCUT2D eigenvalue weighted by atomic mass is 16.6. The number of carbonyl (C=O) groups excluding carboxylic acids is 2. The standard InChI is InChI=1S/C10H19NO4/c1-9(2,3)15-8(13)11-10(4,5)7(12)14-6/h1-6H3,(H,11,13). The molecule has 0 aliphatic rings. The molecule has 0 atom stereocenters. The van der Waals surface area contributed by atoms with E-state index in [1.54, 1.807) is 34.6 Å². The number of hydrogen-bond donors (Lipinski definition) is 1. The Morgan fingerprint density at radius 3 is 1.87 bits per heavy atom. The molecule has 0 heterocycles. The van der Waals surface area contributed by atoms with E-state index in [9.17, 15) is 9.59 Å². The summed E-state index contributed by atoms with van der Waals surface area (Å²) >= 11 is 0. The van der Waals surface area contributed by atoms with Crippen molar-refractivity contribution >= 4 is 12.1 Å². The van der Waals surface area contributed by atoms with E-state index in [0.29, 0.717) is 0 Å². The molecular weight excluding hydrogens is 198 g/mol. The van der Waals surface area contributed by atoms with Crippen LogP contribution in [0, 0.1) is 0 Å². The third-order valence-corrected chi connectivity index (χ3v) is 1.51. The first-order valence-electron chi connectivity index (χ1n) is 4.68. The molecule has 0 radical (unpaired) electrons. The highest BCUT2D eigenvalue weighted by Gasteiger charge is 2.32. The van der Waals surface area contributed by atoms with Gasteiger partial charge < -0.3 is 14.8 Å². The third kappa shape index (κ3) is 5.24. The zero-order valence-electron chi connectivity index (χ0n) is 10.1. The van der Waals surface area contributed by atoms with Crippen LogP contribution >= 0.6 is 0 Å². The number of nitrogens with one attached hydrogen (secondary N) is 1. The van der Waals surface area contributed by atoms with E-state index in [4.69, 9.17) is 4.74 Å². The van der Waals surface area contributed by atoms with Crippen molar-refractivity contribution in [1.82, 2.24) is 5.32 Å². The first-order valence-corrected chi connectivity index (χ1v) is 4.68. The van der Waals surface area contributed by atoms with Gasteiger partial charge in [0.1, 0.15) is 11.1 Å². The minimum atomic E-state index is -1.09. The molecular formula is C10H19NO4. The molecule has 0 saturated carbocycles. The van der Waals surface area contributed by atoms with E-state index in [0.717, 1.165) is 0 Å². The quantitative estimate of drug-likeness (QED) is 0.711. The fraction of sp³-hybridized carbons (Fsp3) is 0.800. The molecule has 5 nitrogen and oxygen atoms in total. The maximum atomic E-state index is 11.4. The highest BCUT2D eigenvalue weighted by Crippen LogP contribution is 2.10. The fourth-order valence-corrected chi connectivity index (χ4v) is 0.865.